The van der Waals surface area contributed by atoms with Crippen LogP contribution < -0.4 is 10.1 Å². The number of benzene rings is 1. The molecule has 0 fully saturated rings. The zero-order valence-electron chi connectivity index (χ0n) is 10.2. The van der Waals surface area contributed by atoms with Crippen molar-refractivity contribution < 1.29 is 9.13 Å². The predicted molar refractivity (Wildman–Crippen MR) is 64.3 cm³/mol. The molecule has 1 unspecified atom stereocenters. The Morgan fingerprint density at radius 1 is 1.53 bits per heavy atom. The summed E-state index contributed by atoms with van der Waals surface area (Å²) < 4.78 is 18.7. The molecule has 0 spiro atoms. The maximum Gasteiger partial charge on any atom is 0.165 e. The number of nitrogens with one attached hydrogen (secondary N) is 1. The molecule has 0 saturated heterocycles. The van der Waals surface area contributed by atoms with Gasteiger partial charge in [-0.1, -0.05) is 13.0 Å². The van der Waals surface area contributed by atoms with Gasteiger partial charge in [-0.3, -0.25) is 5.32 Å². The van der Waals surface area contributed by atoms with E-state index in [0.717, 1.165) is 18.5 Å². The first-order chi connectivity index (χ1) is 8.17. The number of hydrogen-bond donors (Lipinski definition) is 1. The molecule has 0 amide bonds. The Hall–Kier alpha value is -1.60. The van der Waals surface area contributed by atoms with E-state index in [4.69, 9.17) is 10.00 Å². The van der Waals surface area contributed by atoms with E-state index in [1.807, 2.05) is 13.8 Å². The molecule has 4 heteroatoms. The molecule has 3 nitrogen and oxygen atoms in total. The third kappa shape index (κ3) is 4.41. The van der Waals surface area contributed by atoms with Crippen molar-refractivity contribution in [2.45, 2.75) is 26.3 Å². The van der Waals surface area contributed by atoms with Crippen molar-refractivity contribution in [3.05, 3.63) is 29.6 Å². The smallest absolute Gasteiger partial charge is 0.165 e. The molecule has 0 aromatic heterocycles. The number of nitriles is 1. The number of nitrogens with zero attached hydrogens (tertiary/aromatic N) is 1. The van der Waals surface area contributed by atoms with Gasteiger partial charge in [0.2, 0.25) is 0 Å². The van der Waals surface area contributed by atoms with E-state index in [1.54, 1.807) is 12.1 Å². The van der Waals surface area contributed by atoms with Gasteiger partial charge in [-0.25, -0.2) is 4.39 Å². The van der Waals surface area contributed by atoms with Crippen molar-refractivity contribution in [3.8, 4) is 11.8 Å². The van der Waals surface area contributed by atoms with Crippen LogP contribution in [0.2, 0.25) is 0 Å². The van der Waals surface area contributed by atoms with Gasteiger partial charge in [-0.15, -0.1) is 0 Å². The van der Waals surface area contributed by atoms with Crippen molar-refractivity contribution in [2.24, 2.45) is 0 Å². The molecule has 1 N–H and O–H groups in total. The maximum atomic E-state index is 13.3. The highest BCUT2D eigenvalue weighted by atomic mass is 19.1. The second-order valence-corrected chi connectivity index (χ2v) is 3.88. The minimum atomic E-state index is -0.408. The Morgan fingerprint density at radius 3 is 2.94 bits per heavy atom. The maximum absolute atomic E-state index is 13.3. The van der Waals surface area contributed by atoms with E-state index in [2.05, 4.69) is 11.4 Å². The first kappa shape index (κ1) is 13.5. The molecule has 17 heavy (non-hydrogen) atoms. The molecule has 0 aliphatic heterocycles. The topological polar surface area (TPSA) is 45.0 Å². The lowest BCUT2D eigenvalue weighted by atomic mass is 10.2. The molecular weight excluding hydrogens is 219 g/mol. The molecule has 0 aliphatic rings. The Morgan fingerprint density at radius 2 is 2.29 bits per heavy atom. The van der Waals surface area contributed by atoms with Gasteiger partial charge in [0.1, 0.15) is 12.6 Å². The Balaban J connectivity index is 2.54. The first-order valence-corrected chi connectivity index (χ1v) is 5.69. The van der Waals surface area contributed by atoms with Gasteiger partial charge in [-0.05, 0) is 37.6 Å². The number of ether oxygens (including phenoxy) is 1. The summed E-state index contributed by atoms with van der Waals surface area (Å²) >= 11 is 0. The van der Waals surface area contributed by atoms with Crippen molar-refractivity contribution in [2.75, 3.05) is 13.2 Å². The highest BCUT2D eigenvalue weighted by molar-refractivity contribution is 5.29. The van der Waals surface area contributed by atoms with Crippen LogP contribution in [0.15, 0.2) is 18.2 Å². The monoisotopic (exact) mass is 236 g/mol. The lowest BCUT2D eigenvalue weighted by Gasteiger charge is -2.13. The van der Waals surface area contributed by atoms with Crippen LogP contribution in [0.5, 0.6) is 5.75 Å². The van der Waals surface area contributed by atoms with Gasteiger partial charge in [0, 0.05) is 0 Å². The summed E-state index contributed by atoms with van der Waals surface area (Å²) in [4.78, 5) is 0. The second kappa shape index (κ2) is 6.87. The van der Waals surface area contributed by atoms with Crippen LogP contribution in [-0.4, -0.2) is 19.2 Å². The van der Waals surface area contributed by atoms with Crippen LogP contribution in [0.4, 0.5) is 4.39 Å². The number of hydrogen-bond acceptors (Lipinski definition) is 3. The molecule has 1 atom stereocenters. The van der Waals surface area contributed by atoms with E-state index in [1.165, 1.54) is 6.07 Å². The van der Waals surface area contributed by atoms with Crippen molar-refractivity contribution in [1.82, 2.24) is 5.32 Å². The summed E-state index contributed by atoms with van der Waals surface area (Å²) in [5, 5.41) is 11.9. The van der Waals surface area contributed by atoms with Crippen molar-refractivity contribution in [1.29, 1.82) is 5.26 Å². The first-order valence-electron chi connectivity index (χ1n) is 5.69. The Bertz CT molecular complexity index is 401. The largest absolute Gasteiger partial charge is 0.488 e. The lowest BCUT2D eigenvalue weighted by Crippen LogP contribution is -2.33. The van der Waals surface area contributed by atoms with E-state index in [-0.39, 0.29) is 12.4 Å². The fourth-order valence-corrected chi connectivity index (χ4v) is 1.35. The number of aryl methyl sites for hydroxylation is 1. The van der Waals surface area contributed by atoms with Crippen LogP contribution in [0, 0.1) is 24.1 Å². The highest BCUT2D eigenvalue weighted by Crippen LogP contribution is 2.18. The van der Waals surface area contributed by atoms with Gasteiger partial charge in [0.15, 0.2) is 11.6 Å². The van der Waals surface area contributed by atoms with Gasteiger partial charge < -0.3 is 4.74 Å². The standard InChI is InChI=1S/C13H17FN2O/c1-3-6-16-11(8-15)9-17-13-7-10(2)4-5-12(13)14/h4-5,7,11,16H,3,6,9H2,1-2H3. The van der Waals surface area contributed by atoms with E-state index in [9.17, 15) is 4.39 Å². The van der Waals surface area contributed by atoms with E-state index >= 15 is 0 Å². The third-order valence-corrected chi connectivity index (χ3v) is 2.29. The fourth-order valence-electron chi connectivity index (χ4n) is 1.35. The quantitative estimate of drug-likeness (QED) is 0.825. The molecule has 1 aromatic rings. The number of halogens is 1. The Labute approximate surface area is 101 Å². The van der Waals surface area contributed by atoms with Crippen LogP contribution in [0.1, 0.15) is 18.9 Å². The zero-order chi connectivity index (χ0) is 12.7. The minimum absolute atomic E-state index is 0.150. The summed E-state index contributed by atoms with van der Waals surface area (Å²) in [6.07, 6.45) is 0.941. The van der Waals surface area contributed by atoms with Crippen LogP contribution in [0.25, 0.3) is 0 Å². The predicted octanol–water partition coefficient (Wildman–Crippen LogP) is 2.40. The molecule has 0 saturated carbocycles. The average molecular weight is 236 g/mol. The molecule has 1 rings (SSSR count). The summed E-state index contributed by atoms with van der Waals surface area (Å²) in [5.74, 6) is -0.202. The normalized spacial score (nSPS) is 11.9. The van der Waals surface area contributed by atoms with Crippen LogP contribution in [0.3, 0.4) is 0 Å². The molecule has 92 valence electrons. The average Bonchev–Trinajstić information content (AvgIpc) is 2.33. The third-order valence-electron chi connectivity index (χ3n) is 2.29. The SMILES string of the molecule is CCCNC(C#N)COc1cc(C)ccc1F. The van der Waals surface area contributed by atoms with Crippen molar-refractivity contribution >= 4 is 0 Å². The van der Waals surface area contributed by atoms with Crippen LogP contribution >= 0.6 is 0 Å². The molecule has 0 heterocycles. The fraction of sp³-hybridized carbons (Fsp3) is 0.462. The van der Waals surface area contributed by atoms with Gasteiger partial charge in [-0.2, -0.15) is 5.26 Å². The molecule has 1 aromatic carbocycles. The number of rotatable bonds is 6. The second-order valence-electron chi connectivity index (χ2n) is 3.88. The van der Waals surface area contributed by atoms with Gasteiger partial charge in [0.05, 0.1) is 6.07 Å². The molecule has 0 bridgehead atoms. The highest BCUT2D eigenvalue weighted by Gasteiger charge is 2.09. The summed E-state index contributed by atoms with van der Waals surface area (Å²) in [5.41, 5.74) is 0.927. The molecular formula is C13H17FN2O. The molecule has 0 aliphatic carbocycles. The molecule has 0 radical (unpaired) electrons. The lowest BCUT2D eigenvalue weighted by molar-refractivity contribution is 0.276. The Kier molecular flexibility index (Phi) is 5.44. The van der Waals surface area contributed by atoms with Gasteiger partial charge >= 0.3 is 0 Å². The summed E-state index contributed by atoms with van der Waals surface area (Å²) in [6, 6.07) is 6.35. The van der Waals surface area contributed by atoms with Crippen molar-refractivity contribution in [3.63, 3.8) is 0 Å². The summed E-state index contributed by atoms with van der Waals surface area (Å²) in [7, 11) is 0. The van der Waals surface area contributed by atoms with E-state index < -0.39 is 11.9 Å². The van der Waals surface area contributed by atoms with Gasteiger partial charge in [0.25, 0.3) is 0 Å². The van der Waals surface area contributed by atoms with E-state index in [0.29, 0.717) is 0 Å². The summed E-state index contributed by atoms with van der Waals surface area (Å²) in [6.45, 7) is 4.78. The zero-order valence-corrected chi connectivity index (χ0v) is 10.2. The van der Waals surface area contributed by atoms with Crippen LogP contribution in [-0.2, 0) is 0 Å². The minimum Gasteiger partial charge on any atom is -0.488 e.